The summed E-state index contributed by atoms with van der Waals surface area (Å²) in [5.74, 6) is 0.263. The van der Waals surface area contributed by atoms with E-state index in [-0.39, 0.29) is 12.5 Å². The van der Waals surface area contributed by atoms with Crippen LogP contribution in [-0.2, 0) is 4.79 Å². The van der Waals surface area contributed by atoms with Crippen LogP contribution in [0.15, 0.2) is 41.5 Å². The number of hydrogen-bond acceptors (Lipinski definition) is 4. The van der Waals surface area contributed by atoms with E-state index >= 15 is 0 Å². The Balaban J connectivity index is 1.91. The topological polar surface area (TPSA) is 76.7 Å². The Bertz CT molecular complexity index is 747. The standard InChI is InChI=1S/C18H20ClN3O2/c1-11-8-16(9-12(2)18(11)19)24-10-17(23)22-21-13(3)14-4-6-15(20)7-5-14/h4-9H,10,20H2,1-3H3,(H,22,23)/b21-13+. The Kier molecular flexibility index (Phi) is 5.82. The highest BCUT2D eigenvalue weighted by Gasteiger charge is 2.06. The molecule has 0 radical (unpaired) electrons. The Hall–Kier alpha value is -2.53. The number of carbonyl (C=O) groups is 1. The van der Waals surface area contributed by atoms with Crippen LogP contribution >= 0.6 is 11.6 Å². The predicted molar refractivity (Wildman–Crippen MR) is 97.6 cm³/mol. The first-order valence-corrected chi connectivity index (χ1v) is 7.83. The molecule has 2 aromatic rings. The molecule has 0 aliphatic rings. The number of nitrogens with one attached hydrogen (secondary N) is 1. The highest BCUT2D eigenvalue weighted by Crippen LogP contribution is 2.25. The van der Waals surface area contributed by atoms with E-state index in [9.17, 15) is 4.79 Å². The van der Waals surface area contributed by atoms with E-state index in [0.29, 0.717) is 22.2 Å². The van der Waals surface area contributed by atoms with E-state index in [1.807, 2.05) is 26.0 Å². The number of nitrogens with two attached hydrogens (primary N) is 1. The monoisotopic (exact) mass is 345 g/mol. The molecule has 0 heterocycles. The van der Waals surface area contributed by atoms with Crippen LogP contribution in [0.1, 0.15) is 23.6 Å². The zero-order valence-corrected chi connectivity index (χ0v) is 14.6. The number of carbonyl (C=O) groups excluding carboxylic acids is 1. The smallest absolute Gasteiger partial charge is 0.277 e. The van der Waals surface area contributed by atoms with Gasteiger partial charge in [0.1, 0.15) is 5.75 Å². The van der Waals surface area contributed by atoms with Crippen LogP contribution in [0.2, 0.25) is 5.02 Å². The highest BCUT2D eigenvalue weighted by molar-refractivity contribution is 6.32. The summed E-state index contributed by atoms with van der Waals surface area (Å²) in [6.45, 7) is 5.46. The minimum absolute atomic E-state index is 0.126. The van der Waals surface area contributed by atoms with Gasteiger partial charge in [-0.15, -0.1) is 0 Å². The summed E-state index contributed by atoms with van der Waals surface area (Å²) in [5, 5.41) is 4.76. The molecule has 1 amide bonds. The van der Waals surface area contributed by atoms with Gasteiger partial charge >= 0.3 is 0 Å². The third-order valence-electron chi connectivity index (χ3n) is 3.46. The normalized spacial score (nSPS) is 11.2. The zero-order valence-electron chi connectivity index (χ0n) is 13.9. The van der Waals surface area contributed by atoms with Crippen LogP contribution in [0.25, 0.3) is 0 Å². The molecule has 0 fully saturated rings. The molecular weight excluding hydrogens is 326 g/mol. The minimum Gasteiger partial charge on any atom is -0.484 e. The molecule has 3 N–H and O–H groups in total. The average Bonchev–Trinajstić information content (AvgIpc) is 2.56. The van der Waals surface area contributed by atoms with Crippen molar-refractivity contribution in [3.8, 4) is 5.75 Å². The van der Waals surface area contributed by atoms with Gasteiger partial charge in [0.2, 0.25) is 0 Å². The lowest BCUT2D eigenvalue weighted by atomic mass is 10.1. The summed E-state index contributed by atoms with van der Waals surface area (Å²) in [4.78, 5) is 11.9. The SMILES string of the molecule is C/C(=N\NC(=O)COc1cc(C)c(Cl)c(C)c1)c1ccc(N)cc1. The van der Waals surface area contributed by atoms with Crippen molar-refractivity contribution in [2.45, 2.75) is 20.8 Å². The maximum atomic E-state index is 11.9. The second-order valence-electron chi connectivity index (χ2n) is 5.51. The molecule has 5 nitrogen and oxygen atoms in total. The molecule has 0 bridgehead atoms. The third-order valence-corrected chi connectivity index (χ3v) is 4.05. The molecule has 0 saturated heterocycles. The van der Waals surface area contributed by atoms with Gasteiger partial charge in [0, 0.05) is 10.7 Å². The van der Waals surface area contributed by atoms with Crippen molar-refractivity contribution in [2.75, 3.05) is 12.3 Å². The first kappa shape index (κ1) is 17.8. The number of nitrogen functional groups attached to an aromatic ring is 1. The van der Waals surface area contributed by atoms with Gasteiger partial charge in [-0.1, -0.05) is 23.7 Å². The van der Waals surface area contributed by atoms with E-state index in [4.69, 9.17) is 22.1 Å². The number of hydrogen-bond donors (Lipinski definition) is 2. The molecule has 0 spiro atoms. The molecule has 0 atom stereocenters. The first-order valence-electron chi connectivity index (χ1n) is 7.45. The van der Waals surface area contributed by atoms with Crippen molar-refractivity contribution in [3.63, 3.8) is 0 Å². The summed E-state index contributed by atoms with van der Waals surface area (Å²) in [6.07, 6.45) is 0. The van der Waals surface area contributed by atoms with Gasteiger partial charge in [0.05, 0.1) is 5.71 Å². The van der Waals surface area contributed by atoms with Crippen LogP contribution in [0.3, 0.4) is 0 Å². The maximum absolute atomic E-state index is 11.9. The van der Waals surface area contributed by atoms with Gasteiger partial charge in [-0.05, 0) is 61.7 Å². The third kappa shape index (κ3) is 4.73. The van der Waals surface area contributed by atoms with Gasteiger partial charge in [-0.25, -0.2) is 5.43 Å². The number of benzene rings is 2. The summed E-state index contributed by atoms with van der Waals surface area (Å²) in [6, 6.07) is 10.8. The molecule has 0 aliphatic carbocycles. The van der Waals surface area contributed by atoms with Crippen molar-refractivity contribution in [2.24, 2.45) is 5.10 Å². The molecular formula is C18H20ClN3O2. The maximum Gasteiger partial charge on any atom is 0.277 e. The Labute approximate surface area is 146 Å². The van der Waals surface area contributed by atoms with Crippen LogP contribution < -0.4 is 15.9 Å². The average molecular weight is 346 g/mol. The van der Waals surface area contributed by atoms with Crippen LogP contribution in [0.4, 0.5) is 5.69 Å². The van der Waals surface area contributed by atoms with Crippen molar-refractivity contribution in [1.82, 2.24) is 5.43 Å². The molecule has 6 heteroatoms. The molecule has 0 saturated carbocycles. The number of nitrogens with zero attached hydrogens (tertiary/aromatic N) is 1. The highest BCUT2D eigenvalue weighted by atomic mass is 35.5. The van der Waals surface area contributed by atoms with E-state index in [1.54, 1.807) is 31.2 Å². The van der Waals surface area contributed by atoms with E-state index in [2.05, 4.69) is 10.5 Å². The lowest BCUT2D eigenvalue weighted by molar-refractivity contribution is -0.123. The first-order chi connectivity index (χ1) is 11.4. The number of halogens is 1. The van der Waals surface area contributed by atoms with Crippen molar-refractivity contribution < 1.29 is 9.53 Å². The number of amides is 1. The molecule has 2 aromatic carbocycles. The van der Waals surface area contributed by atoms with Crippen molar-refractivity contribution in [3.05, 3.63) is 58.1 Å². The molecule has 0 unspecified atom stereocenters. The van der Waals surface area contributed by atoms with Gasteiger partial charge in [0.15, 0.2) is 6.61 Å². The van der Waals surface area contributed by atoms with Gasteiger partial charge in [-0.2, -0.15) is 5.10 Å². The van der Waals surface area contributed by atoms with Crippen molar-refractivity contribution in [1.29, 1.82) is 0 Å². The molecule has 0 aromatic heterocycles. The lowest BCUT2D eigenvalue weighted by Crippen LogP contribution is -2.25. The van der Waals surface area contributed by atoms with E-state index < -0.39 is 0 Å². The molecule has 24 heavy (non-hydrogen) atoms. The van der Waals surface area contributed by atoms with Crippen LogP contribution in [0, 0.1) is 13.8 Å². The zero-order chi connectivity index (χ0) is 17.7. The second-order valence-corrected chi connectivity index (χ2v) is 5.89. The number of rotatable bonds is 5. The Morgan fingerprint density at radius 2 is 1.79 bits per heavy atom. The lowest BCUT2D eigenvalue weighted by Gasteiger charge is -2.09. The van der Waals surface area contributed by atoms with Crippen LogP contribution in [-0.4, -0.2) is 18.2 Å². The number of aryl methyl sites for hydroxylation is 2. The summed E-state index contributed by atoms with van der Waals surface area (Å²) >= 11 is 6.10. The quantitative estimate of drug-likeness (QED) is 0.495. The van der Waals surface area contributed by atoms with Gasteiger partial charge in [0.25, 0.3) is 5.91 Å². The van der Waals surface area contributed by atoms with Gasteiger partial charge in [-0.3, -0.25) is 4.79 Å². The fraction of sp³-hybridized carbons (Fsp3) is 0.222. The number of hydrazone groups is 1. The summed E-state index contributed by atoms with van der Waals surface area (Å²) in [5.41, 5.74) is 12.2. The Morgan fingerprint density at radius 3 is 2.38 bits per heavy atom. The molecule has 2 rings (SSSR count). The Morgan fingerprint density at radius 1 is 1.21 bits per heavy atom. The van der Waals surface area contributed by atoms with E-state index in [0.717, 1.165) is 16.7 Å². The van der Waals surface area contributed by atoms with Gasteiger partial charge < -0.3 is 10.5 Å². The fourth-order valence-corrected chi connectivity index (χ4v) is 2.21. The number of anilines is 1. The van der Waals surface area contributed by atoms with E-state index in [1.165, 1.54) is 0 Å². The summed E-state index contributed by atoms with van der Waals surface area (Å²) < 4.78 is 5.48. The molecule has 0 aliphatic heterocycles. The minimum atomic E-state index is -0.338. The predicted octanol–water partition coefficient (Wildman–Crippen LogP) is 3.46. The largest absolute Gasteiger partial charge is 0.484 e. The second kappa shape index (κ2) is 7.84. The van der Waals surface area contributed by atoms with Crippen molar-refractivity contribution >= 4 is 28.9 Å². The fourth-order valence-electron chi connectivity index (χ4n) is 2.11. The summed E-state index contributed by atoms with van der Waals surface area (Å²) in [7, 11) is 0. The van der Waals surface area contributed by atoms with Crippen LogP contribution in [0.5, 0.6) is 5.75 Å². The number of ether oxygens (including phenoxy) is 1. The molecule has 126 valence electrons.